The van der Waals surface area contributed by atoms with Gasteiger partial charge >= 0.3 is 6.09 Å². The Labute approximate surface area is 109 Å². The Morgan fingerprint density at radius 1 is 1.28 bits per heavy atom. The van der Waals surface area contributed by atoms with E-state index < -0.39 is 5.60 Å². The first kappa shape index (κ1) is 13.6. The first-order valence-electron chi connectivity index (χ1n) is 6.50. The van der Waals surface area contributed by atoms with Gasteiger partial charge in [-0.3, -0.25) is 0 Å². The number of ether oxygens (including phenoxy) is 2. The molecule has 2 rings (SSSR count). The fourth-order valence-electron chi connectivity index (χ4n) is 2.53. The molecule has 18 heavy (non-hydrogen) atoms. The Morgan fingerprint density at radius 2 is 1.89 bits per heavy atom. The molecule has 0 radical (unpaired) electrons. The van der Waals surface area contributed by atoms with Crippen molar-refractivity contribution in [3.05, 3.63) is 0 Å². The van der Waals surface area contributed by atoms with Gasteiger partial charge in [-0.05, 0) is 34.6 Å². The standard InChI is InChI=1S/C13H24N2O3/c1-11(2,3)17-10(16)15-8-13(9-15)7-14-6-12(4,5)18-13/h14H,6-9H2,1-5H3. The van der Waals surface area contributed by atoms with E-state index >= 15 is 0 Å². The van der Waals surface area contributed by atoms with Crippen LogP contribution in [0.3, 0.4) is 0 Å². The lowest BCUT2D eigenvalue weighted by molar-refractivity contribution is -0.214. The van der Waals surface area contributed by atoms with Crippen LogP contribution in [0.5, 0.6) is 0 Å². The van der Waals surface area contributed by atoms with Crippen LogP contribution in [0.1, 0.15) is 34.6 Å². The molecule has 2 saturated heterocycles. The van der Waals surface area contributed by atoms with Gasteiger partial charge in [-0.15, -0.1) is 0 Å². The number of rotatable bonds is 0. The smallest absolute Gasteiger partial charge is 0.410 e. The molecule has 0 aliphatic carbocycles. The molecule has 1 N–H and O–H groups in total. The number of amides is 1. The number of nitrogens with zero attached hydrogens (tertiary/aromatic N) is 1. The van der Waals surface area contributed by atoms with E-state index in [1.165, 1.54) is 0 Å². The number of nitrogens with one attached hydrogen (secondary N) is 1. The molecule has 1 amide bonds. The van der Waals surface area contributed by atoms with Crippen molar-refractivity contribution >= 4 is 6.09 Å². The number of carbonyl (C=O) groups is 1. The Bertz CT molecular complexity index is 341. The van der Waals surface area contributed by atoms with Gasteiger partial charge in [0, 0.05) is 13.1 Å². The van der Waals surface area contributed by atoms with Crippen LogP contribution < -0.4 is 5.32 Å². The Morgan fingerprint density at radius 3 is 2.39 bits per heavy atom. The third kappa shape index (κ3) is 2.95. The first-order chi connectivity index (χ1) is 8.11. The largest absolute Gasteiger partial charge is 0.444 e. The first-order valence-corrected chi connectivity index (χ1v) is 6.50. The Kier molecular flexibility index (Phi) is 3.10. The molecule has 2 heterocycles. The molecule has 2 aliphatic rings. The van der Waals surface area contributed by atoms with Gasteiger partial charge in [0.05, 0.1) is 18.7 Å². The van der Waals surface area contributed by atoms with E-state index in [-0.39, 0.29) is 17.3 Å². The van der Waals surface area contributed by atoms with Crippen LogP contribution in [-0.4, -0.2) is 54.0 Å². The van der Waals surface area contributed by atoms with Gasteiger partial charge in [0.2, 0.25) is 0 Å². The molecule has 2 aliphatic heterocycles. The summed E-state index contributed by atoms with van der Waals surface area (Å²) in [5, 5.41) is 3.37. The van der Waals surface area contributed by atoms with Crippen LogP contribution in [0.15, 0.2) is 0 Å². The van der Waals surface area contributed by atoms with E-state index in [0.29, 0.717) is 13.1 Å². The van der Waals surface area contributed by atoms with Crippen LogP contribution in [-0.2, 0) is 9.47 Å². The molecule has 0 bridgehead atoms. The third-order valence-corrected chi connectivity index (χ3v) is 3.10. The molecule has 0 saturated carbocycles. The van der Waals surface area contributed by atoms with Crippen LogP contribution in [0.2, 0.25) is 0 Å². The minimum absolute atomic E-state index is 0.168. The Hall–Kier alpha value is -0.810. The van der Waals surface area contributed by atoms with Gasteiger partial charge in [0.15, 0.2) is 0 Å². The highest BCUT2D eigenvalue weighted by Gasteiger charge is 2.52. The van der Waals surface area contributed by atoms with Gasteiger partial charge in [-0.25, -0.2) is 4.79 Å². The molecular formula is C13H24N2O3. The average molecular weight is 256 g/mol. The van der Waals surface area contributed by atoms with Crippen molar-refractivity contribution in [2.24, 2.45) is 0 Å². The van der Waals surface area contributed by atoms with E-state index in [9.17, 15) is 4.79 Å². The minimum atomic E-state index is -0.440. The van der Waals surface area contributed by atoms with E-state index in [1.807, 2.05) is 20.8 Å². The van der Waals surface area contributed by atoms with Crippen LogP contribution >= 0.6 is 0 Å². The summed E-state index contributed by atoms with van der Waals surface area (Å²) in [6, 6.07) is 0. The zero-order valence-electron chi connectivity index (χ0n) is 12.0. The molecule has 0 unspecified atom stereocenters. The van der Waals surface area contributed by atoms with Crippen molar-refractivity contribution in [1.82, 2.24) is 10.2 Å². The molecule has 104 valence electrons. The molecule has 5 heteroatoms. The minimum Gasteiger partial charge on any atom is -0.444 e. The summed E-state index contributed by atoms with van der Waals surface area (Å²) in [6.07, 6.45) is -0.250. The highest BCUT2D eigenvalue weighted by Crippen LogP contribution is 2.33. The summed E-state index contributed by atoms with van der Waals surface area (Å²) in [6.45, 7) is 12.6. The highest BCUT2D eigenvalue weighted by molar-refractivity contribution is 5.69. The van der Waals surface area contributed by atoms with Gasteiger partial charge in [0.1, 0.15) is 11.2 Å². The Balaban J connectivity index is 1.88. The number of carbonyl (C=O) groups excluding carboxylic acids is 1. The lowest BCUT2D eigenvalue weighted by atomic mass is 9.90. The second-order valence-electron chi connectivity index (χ2n) is 6.98. The zero-order valence-corrected chi connectivity index (χ0v) is 12.0. The SMILES string of the molecule is CC(C)(C)OC(=O)N1CC2(CNCC(C)(C)O2)C1. The van der Waals surface area contributed by atoms with E-state index in [0.717, 1.165) is 13.1 Å². The summed E-state index contributed by atoms with van der Waals surface area (Å²) in [4.78, 5) is 13.6. The number of hydrogen-bond donors (Lipinski definition) is 1. The van der Waals surface area contributed by atoms with Crippen LogP contribution in [0.25, 0.3) is 0 Å². The highest BCUT2D eigenvalue weighted by atomic mass is 16.6. The van der Waals surface area contributed by atoms with Crippen molar-refractivity contribution in [2.75, 3.05) is 26.2 Å². The van der Waals surface area contributed by atoms with Gasteiger partial charge < -0.3 is 19.7 Å². The molecule has 0 aromatic heterocycles. The average Bonchev–Trinajstić information content (AvgIpc) is 2.09. The maximum atomic E-state index is 11.9. The topological polar surface area (TPSA) is 50.8 Å². The summed E-state index contributed by atoms with van der Waals surface area (Å²) < 4.78 is 11.4. The van der Waals surface area contributed by atoms with Crippen molar-refractivity contribution in [1.29, 1.82) is 0 Å². The van der Waals surface area contributed by atoms with Crippen molar-refractivity contribution < 1.29 is 14.3 Å². The summed E-state index contributed by atoms with van der Waals surface area (Å²) in [5.41, 5.74) is -0.832. The summed E-state index contributed by atoms with van der Waals surface area (Å²) in [5.74, 6) is 0. The van der Waals surface area contributed by atoms with Crippen molar-refractivity contribution in [3.63, 3.8) is 0 Å². The summed E-state index contributed by atoms with van der Waals surface area (Å²) >= 11 is 0. The quantitative estimate of drug-likeness (QED) is 0.711. The van der Waals surface area contributed by atoms with Gasteiger partial charge in [0.25, 0.3) is 0 Å². The predicted molar refractivity (Wildman–Crippen MR) is 68.6 cm³/mol. The maximum Gasteiger partial charge on any atom is 0.410 e. The number of hydrogen-bond acceptors (Lipinski definition) is 4. The van der Waals surface area contributed by atoms with Crippen molar-refractivity contribution in [3.8, 4) is 0 Å². The monoisotopic (exact) mass is 256 g/mol. The normalized spacial score (nSPS) is 25.7. The van der Waals surface area contributed by atoms with Gasteiger partial charge in [-0.1, -0.05) is 0 Å². The molecular weight excluding hydrogens is 232 g/mol. The lowest BCUT2D eigenvalue weighted by Crippen LogP contribution is -2.74. The van der Waals surface area contributed by atoms with Crippen molar-refractivity contribution in [2.45, 2.75) is 51.4 Å². The van der Waals surface area contributed by atoms with E-state index in [1.54, 1.807) is 4.90 Å². The number of likely N-dealkylation sites (tertiary alicyclic amines) is 1. The third-order valence-electron chi connectivity index (χ3n) is 3.10. The molecule has 0 aromatic carbocycles. The van der Waals surface area contributed by atoms with Crippen LogP contribution in [0, 0.1) is 0 Å². The fraction of sp³-hybridized carbons (Fsp3) is 0.923. The predicted octanol–water partition coefficient (Wildman–Crippen LogP) is 1.37. The fourth-order valence-corrected chi connectivity index (χ4v) is 2.53. The van der Waals surface area contributed by atoms with E-state index in [2.05, 4.69) is 19.2 Å². The maximum absolute atomic E-state index is 11.9. The molecule has 1 spiro atoms. The van der Waals surface area contributed by atoms with Gasteiger partial charge in [-0.2, -0.15) is 0 Å². The second-order valence-corrected chi connectivity index (χ2v) is 6.98. The number of morpholine rings is 1. The van der Waals surface area contributed by atoms with E-state index in [4.69, 9.17) is 9.47 Å². The summed E-state index contributed by atoms with van der Waals surface area (Å²) in [7, 11) is 0. The zero-order chi connectivity index (χ0) is 13.6. The molecule has 0 aromatic rings. The second kappa shape index (κ2) is 4.10. The molecule has 2 fully saturated rings. The molecule has 5 nitrogen and oxygen atoms in total. The van der Waals surface area contributed by atoms with Crippen LogP contribution in [0.4, 0.5) is 4.79 Å². The lowest BCUT2D eigenvalue weighted by Gasteiger charge is -2.55. The molecule has 0 atom stereocenters.